The van der Waals surface area contributed by atoms with Crippen LogP contribution in [0.1, 0.15) is 28.8 Å². The number of anilines is 1. The third-order valence-electron chi connectivity index (χ3n) is 5.02. The molecule has 2 aliphatic heterocycles. The number of amides is 1. The van der Waals surface area contributed by atoms with E-state index in [9.17, 15) is 27.5 Å². The molecule has 1 N–H and O–H groups in total. The van der Waals surface area contributed by atoms with Gasteiger partial charge in [0.2, 0.25) is 0 Å². The van der Waals surface area contributed by atoms with Crippen LogP contribution in [-0.4, -0.2) is 59.4 Å². The third kappa shape index (κ3) is 3.72. The van der Waals surface area contributed by atoms with Crippen molar-refractivity contribution in [2.45, 2.75) is 31.3 Å². The summed E-state index contributed by atoms with van der Waals surface area (Å²) in [7, 11) is 0. The standard InChI is InChI=1S/C17H17F4N3O2S.Fe/c18-11-7-24(5-2-12(11)25)13-6-10(17(19,20)21)15-14(22-13)9(8-27-15)16(26)23-3-1-4-23;/h6,8,11-12,25H,1-5,7H2;. The third-order valence-corrected chi connectivity index (χ3v) is 6.02. The molecule has 0 aromatic carbocycles. The Morgan fingerprint density at radius 3 is 2.57 bits per heavy atom. The molecule has 4 heterocycles. The second-order valence-corrected chi connectivity index (χ2v) is 7.70. The van der Waals surface area contributed by atoms with Crippen LogP contribution in [0.4, 0.5) is 23.4 Å². The normalized spacial score (nSPS) is 22.8. The molecule has 2 aromatic rings. The number of halogens is 4. The van der Waals surface area contributed by atoms with Gasteiger partial charge in [0.15, 0.2) is 0 Å². The molecule has 1 amide bonds. The molecule has 0 radical (unpaired) electrons. The molecule has 0 bridgehead atoms. The number of hydrogen-bond acceptors (Lipinski definition) is 5. The van der Waals surface area contributed by atoms with E-state index >= 15 is 0 Å². The molecule has 154 valence electrons. The number of carbonyl (C=O) groups is 1. The van der Waals surface area contributed by atoms with Crippen LogP contribution in [0.2, 0.25) is 0 Å². The van der Waals surface area contributed by atoms with Gasteiger partial charge >= 0.3 is 6.18 Å². The van der Waals surface area contributed by atoms with Crippen molar-refractivity contribution in [3.8, 4) is 0 Å². The molecule has 2 unspecified atom stereocenters. The number of thiophene rings is 1. The Morgan fingerprint density at radius 2 is 2.00 bits per heavy atom. The molecule has 5 nitrogen and oxygen atoms in total. The number of likely N-dealkylation sites (tertiary alicyclic amines) is 1. The molecule has 2 aromatic heterocycles. The van der Waals surface area contributed by atoms with Gasteiger partial charge in [0.1, 0.15) is 12.0 Å². The summed E-state index contributed by atoms with van der Waals surface area (Å²) in [5.41, 5.74) is -0.726. The van der Waals surface area contributed by atoms with Crippen molar-refractivity contribution in [1.82, 2.24) is 9.88 Å². The van der Waals surface area contributed by atoms with E-state index in [1.54, 1.807) is 4.90 Å². The Labute approximate surface area is 172 Å². The average Bonchev–Trinajstić information content (AvgIpc) is 2.97. The van der Waals surface area contributed by atoms with Gasteiger partial charge in [-0.25, -0.2) is 9.37 Å². The van der Waals surface area contributed by atoms with Crippen LogP contribution in [-0.2, 0) is 23.2 Å². The number of carbonyl (C=O) groups excluding carboxylic acids is 1. The van der Waals surface area contributed by atoms with E-state index in [0.717, 1.165) is 23.8 Å². The minimum Gasteiger partial charge on any atom is -0.390 e. The van der Waals surface area contributed by atoms with Gasteiger partial charge in [-0.3, -0.25) is 4.79 Å². The number of pyridine rings is 1. The molecular formula is C17H17F4FeN3O2S. The van der Waals surface area contributed by atoms with Crippen molar-refractivity contribution in [3.05, 3.63) is 22.6 Å². The predicted molar refractivity (Wildman–Crippen MR) is 92.9 cm³/mol. The number of aliphatic hydroxyl groups excluding tert-OH is 1. The van der Waals surface area contributed by atoms with Gasteiger partial charge in [-0.15, -0.1) is 11.3 Å². The molecule has 0 saturated carbocycles. The van der Waals surface area contributed by atoms with Crippen molar-refractivity contribution in [2.75, 3.05) is 31.1 Å². The second-order valence-electron chi connectivity index (χ2n) is 6.82. The molecule has 2 atom stereocenters. The van der Waals surface area contributed by atoms with Crippen molar-refractivity contribution in [3.63, 3.8) is 0 Å². The van der Waals surface area contributed by atoms with Crippen LogP contribution in [0.5, 0.6) is 0 Å². The summed E-state index contributed by atoms with van der Waals surface area (Å²) in [4.78, 5) is 19.8. The SMILES string of the molecule is O=C(c1csc2c(C(F)(F)F)cc(N3CCC(O)C(F)C3)nc12)N1CCC1.[Fe]. The Bertz CT molecular complexity index is 887. The Hall–Kier alpha value is -1.42. The van der Waals surface area contributed by atoms with Gasteiger partial charge in [-0.05, 0) is 18.9 Å². The number of rotatable bonds is 2. The van der Waals surface area contributed by atoms with E-state index in [-0.39, 0.29) is 64.1 Å². The van der Waals surface area contributed by atoms with Gasteiger partial charge < -0.3 is 14.9 Å². The molecular weight excluding hydrogens is 442 g/mol. The topological polar surface area (TPSA) is 56.7 Å². The largest absolute Gasteiger partial charge is 0.417 e. The van der Waals surface area contributed by atoms with Gasteiger partial charge in [-0.1, -0.05) is 0 Å². The average molecular weight is 459 g/mol. The summed E-state index contributed by atoms with van der Waals surface area (Å²) in [6.07, 6.45) is -6.34. The second kappa shape index (κ2) is 7.78. The fourth-order valence-electron chi connectivity index (χ4n) is 3.31. The van der Waals surface area contributed by atoms with E-state index in [0.29, 0.717) is 13.1 Å². The van der Waals surface area contributed by atoms with E-state index in [4.69, 9.17) is 0 Å². The zero-order valence-corrected chi connectivity index (χ0v) is 16.4. The summed E-state index contributed by atoms with van der Waals surface area (Å²) in [5, 5.41) is 10.9. The first-order chi connectivity index (χ1) is 12.8. The number of alkyl halides is 4. The minimum atomic E-state index is -4.62. The minimum absolute atomic E-state index is 0. The Balaban J connectivity index is 0.00000225. The maximum Gasteiger partial charge on any atom is 0.417 e. The zero-order valence-electron chi connectivity index (χ0n) is 14.5. The number of nitrogens with zero attached hydrogens (tertiary/aromatic N) is 3. The number of aliphatic hydroxyl groups is 1. The molecule has 0 spiro atoms. The molecule has 2 aliphatic rings. The summed E-state index contributed by atoms with van der Waals surface area (Å²) >= 11 is 0.841. The van der Waals surface area contributed by atoms with Gasteiger partial charge in [0, 0.05) is 42.1 Å². The van der Waals surface area contributed by atoms with Gasteiger partial charge in [0.05, 0.1) is 34.0 Å². The molecule has 4 rings (SSSR count). The molecule has 2 saturated heterocycles. The number of aromatic nitrogens is 1. The van der Waals surface area contributed by atoms with E-state index in [1.165, 1.54) is 10.3 Å². The van der Waals surface area contributed by atoms with Crippen molar-refractivity contribution in [1.29, 1.82) is 0 Å². The fourth-order valence-corrected chi connectivity index (χ4v) is 4.33. The van der Waals surface area contributed by atoms with Gasteiger partial charge in [-0.2, -0.15) is 13.2 Å². The summed E-state index contributed by atoms with van der Waals surface area (Å²) in [5.74, 6) is -0.358. The zero-order chi connectivity index (χ0) is 19.3. The van der Waals surface area contributed by atoms with E-state index < -0.39 is 24.0 Å². The van der Waals surface area contributed by atoms with Crippen LogP contribution >= 0.6 is 11.3 Å². The van der Waals surface area contributed by atoms with E-state index in [2.05, 4.69) is 4.98 Å². The first-order valence-electron chi connectivity index (χ1n) is 8.61. The van der Waals surface area contributed by atoms with Crippen LogP contribution in [0.25, 0.3) is 10.2 Å². The molecule has 2 fully saturated rings. The quantitative estimate of drug-likeness (QED) is 0.554. The van der Waals surface area contributed by atoms with E-state index in [1.807, 2.05) is 0 Å². The van der Waals surface area contributed by atoms with Crippen molar-refractivity contribution >= 4 is 33.3 Å². The molecule has 0 aliphatic carbocycles. The first-order valence-corrected chi connectivity index (χ1v) is 9.49. The first kappa shape index (κ1) is 21.3. The summed E-state index contributed by atoms with van der Waals surface area (Å²) < 4.78 is 54.6. The maximum absolute atomic E-state index is 13.9. The Morgan fingerprint density at radius 1 is 1.29 bits per heavy atom. The van der Waals surface area contributed by atoms with Crippen LogP contribution in [0, 0.1) is 0 Å². The molecule has 28 heavy (non-hydrogen) atoms. The number of fused-ring (bicyclic) bond motifs is 1. The maximum atomic E-state index is 13.9. The summed E-state index contributed by atoms with van der Waals surface area (Å²) in [6, 6.07) is 0.904. The monoisotopic (exact) mass is 459 g/mol. The van der Waals surface area contributed by atoms with Crippen LogP contribution in [0.3, 0.4) is 0 Å². The number of piperidine rings is 1. The smallest absolute Gasteiger partial charge is 0.390 e. The van der Waals surface area contributed by atoms with Crippen molar-refractivity contribution in [2.24, 2.45) is 0 Å². The Kier molecular flexibility index (Phi) is 5.91. The van der Waals surface area contributed by atoms with Crippen LogP contribution in [0.15, 0.2) is 11.4 Å². The summed E-state index contributed by atoms with van der Waals surface area (Å²) in [6.45, 7) is 1.11. The predicted octanol–water partition coefficient (Wildman–Crippen LogP) is 3.07. The van der Waals surface area contributed by atoms with Crippen molar-refractivity contribution < 1.29 is 44.5 Å². The van der Waals surface area contributed by atoms with Gasteiger partial charge in [0.25, 0.3) is 5.91 Å². The molecule has 11 heteroatoms. The van der Waals surface area contributed by atoms with Crippen LogP contribution < -0.4 is 4.90 Å². The fraction of sp³-hybridized carbons (Fsp3) is 0.529. The number of hydrogen-bond donors (Lipinski definition) is 1.